The van der Waals surface area contributed by atoms with E-state index in [1.165, 1.54) is 0 Å². The van der Waals surface area contributed by atoms with Crippen LogP contribution >= 0.6 is 0 Å². The Hall–Kier alpha value is -2.80. The molecular formula is C18H23N5O2. The van der Waals surface area contributed by atoms with Crippen LogP contribution in [0.25, 0.3) is 10.9 Å². The molecule has 7 nitrogen and oxygen atoms in total. The second-order valence-electron chi connectivity index (χ2n) is 5.82. The Balaban J connectivity index is 1.59. The Morgan fingerprint density at radius 2 is 2.20 bits per heavy atom. The van der Waals surface area contributed by atoms with E-state index in [-0.39, 0.29) is 6.03 Å². The number of amides is 2. The number of benzene rings is 1. The molecule has 0 saturated carbocycles. The van der Waals surface area contributed by atoms with Crippen molar-refractivity contribution < 1.29 is 9.53 Å². The van der Waals surface area contributed by atoms with Crippen molar-refractivity contribution in [1.29, 1.82) is 0 Å². The zero-order valence-corrected chi connectivity index (χ0v) is 14.5. The van der Waals surface area contributed by atoms with E-state index >= 15 is 0 Å². The predicted octanol–water partition coefficient (Wildman–Crippen LogP) is 2.89. The van der Waals surface area contributed by atoms with Gasteiger partial charge in [-0.25, -0.2) is 4.79 Å². The molecule has 3 aromatic rings. The number of nitrogens with zero attached hydrogens (tertiary/aromatic N) is 2. The van der Waals surface area contributed by atoms with Crippen molar-refractivity contribution in [2.45, 2.75) is 26.4 Å². The second kappa shape index (κ2) is 7.85. The number of aryl methyl sites for hydroxylation is 1. The third-order valence-electron chi connectivity index (χ3n) is 4.05. The summed E-state index contributed by atoms with van der Waals surface area (Å²) in [6, 6.07) is 9.61. The minimum absolute atomic E-state index is 0.245. The first-order valence-corrected chi connectivity index (χ1v) is 8.35. The summed E-state index contributed by atoms with van der Waals surface area (Å²) in [6.07, 6.45) is 2.89. The van der Waals surface area contributed by atoms with E-state index in [4.69, 9.17) is 4.74 Å². The lowest BCUT2D eigenvalue weighted by Crippen LogP contribution is -2.28. The van der Waals surface area contributed by atoms with E-state index in [0.29, 0.717) is 13.2 Å². The number of anilines is 1. The van der Waals surface area contributed by atoms with Gasteiger partial charge < -0.3 is 19.9 Å². The highest BCUT2D eigenvalue weighted by Crippen LogP contribution is 2.20. The number of carbonyl (C=O) groups is 1. The molecule has 0 fully saturated rings. The number of carbonyl (C=O) groups excluding carboxylic acids is 1. The number of ether oxygens (including phenoxy) is 1. The maximum atomic E-state index is 12.1. The largest absolute Gasteiger partial charge is 0.383 e. The molecule has 0 aliphatic heterocycles. The minimum Gasteiger partial charge on any atom is -0.383 e. The van der Waals surface area contributed by atoms with Gasteiger partial charge in [-0.3, -0.25) is 5.10 Å². The Morgan fingerprint density at radius 3 is 2.96 bits per heavy atom. The quantitative estimate of drug-likeness (QED) is 0.618. The summed E-state index contributed by atoms with van der Waals surface area (Å²) < 4.78 is 7.25. The number of nitrogens with one attached hydrogen (secondary N) is 3. The molecule has 0 saturated heterocycles. The number of fused-ring (bicyclic) bond motifs is 1. The second-order valence-corrected chi connectivity index (χ2v) is 5.82. The van der Waals surface area contributed by atoms with Gasteiger partial charge in [0.15, 0.2) is 0 Å². The van der Waals surface area contributed by atoms with Gasteiger partial charge in [0.05, 0.1) is 24.5 Å². The molecule has 2 heterocycles. The predicted molar refractivity (Wildman–Crippen MR) is 97.6 cm³/mol. The lowest BCUT2D eigenvalue weighted by Gasteiger charge is -2.08. The third kappa shape index (κ3) is 4.19. The van der Waals surface area contributed by atoms with Gasteiger partial charge >= 0.3 is 6.03 Å². The van der Waals surface area contributed by atoms with Gasteiger partial charge in [-0.05, 0) is 36.8 Å². The lowest BCUT2D eigenvalue weighted by molar-refractivity contribution is 0.188. The molecular weight excluding hydrogens is 318 g/mol. The van der Waals surface area contributed by atoms with Gasteiger partial charge in [0.25, 0.3) is 0 Å². The molecule has 0 bridgehead atoms. The summed E-state index contributed by atoms with van der Waals surface area (Å²) in [5, 5.41) is 13.8. The van der Waals surface area contributed by atoms with Crippen LogP contribution in [0.1, 0.15) is 18.3 Å². The van der Waals surface area contributed by atoms with Crippen molar-refractivity contribution in [1.82, 2.24) is 20.1 Å². The first kappa shape index (κ1) is 17.0. The van der Waals surface area contributed by atoms with Gasteiger partial charge in [-0.15, -0.1) is 0 Å². The van der Waals surface area contributed by atoms with Crippen LogP contribution in [0.5, 0.6) is 0 Å². The number of rotatable bonds is 7. The van der Waals surface area contributed by atoms with Gasteiger partial charge in [0.2, 0.25) is 0 Å². The molecule has 0 spiro atoms. The number of aromatic amines is 1. The van der Waals surface area contributed by atoms with E-state index in [0.717, 1.165) is 40.9 Å². The number of hydrogen-bond donors (Lipinski definition) is 3. The fourth-order valence-electron chi connectivity index (χ4n) is 2.69. The van der Waals surface area contributed by atoms with Crippen molar-refractivity contribution in [2.24, 2.45) is 0 Å². The molecule has 2 aromatic heterocycles. The molecule has 0 radical (unpaired) electrons. The van der Waals surface area contributed by atoms with Crippen molar-refractivity contribution >= 4 is 22.6 Å². The van der Waals surface area contributed by atoms with Gasteiger partial charge in [0, 0.05) is 36.4 Å². The maximum absolute atomic E-state index is 12.1. The Kier molecular flexibility index (Phi) is 5.35. The third-order valence-corrected chi connectivity index (χ3v) is 4.05. The molecule has 0 aliphatic carbocycles. The van der Waals surface area contributed by atoms with Gasteiger partial charge in [-0.2, -0.15) is 5.10 Å². The molecule has 25 heavy (non-hydrogen) atoms. The molecule has 7 heteroatoms. The van der Waals surface area contributed by atoms with Crippen LogP contribution in [0.3, 0.4) is 0 Å². The number of H-pyrrole nitrogens is 1. The average Bonchev–Trinajstić information content (AvgIpc) is 3.24. The standard InChI is InChI=1S/C18H23N5O2/c1-3-14-11-16(22-21-14)12-19-18(24)20-15-4-5-17-13(10-15)6-7-23(17)8-9-25-2/h4-7,10-11H,3,8-9,12H2,1-2H3,(H,21,22)(H2,19,20,24). The molecule has 3 rings (SSSR count). The molecule has 0 unspecified atom stereocenters. The fraction of sp³-hybridized carbons (Fsp3) is 0.333. The first-order chi connectivity index (χ1) is 12.2. The van der Waals surface area contributed by atoms with Crippen molar-refractivity contribution in [3.8, 4) is 0 Å². The first-order valence-electron chi connectivity index (χ1n) is 8.35. The van der Waals surface area contributed by atoms with Crippen LogP contribution in [0.4, 0.5) is 10.5 Å². The molecule has 1 aromatic carbocycles. The number of hydrogen-bond acceptors (Lipinski definition) is 3. The normalized spacial score (nSPS) is 11.0. The molecule has 0 aliphatic rings. The molecule has 132 valence electrons. The average molecular weight is 341 g/mol. The Labute approximate surface area is 146 Å². The minimum atomic E-state index is -0.245. The summed E-state index contributed by atoms with van der Waals surface area (Å²) in [5.74, 6) is 0. The number of methoxy groups -OCH3 is 1. The van der Waals surface area contributed by atoms with Crippen molar-refractivity contribution in [2.75, 3.05) is 19.0 Å². The van der Waals surface area contributed by atoms with Crippen LogP contribution < -0.4 is 10.6 Å². The van der Waals surface area contributed by atoms with Crippen molar-refractivity contribution in [3.05, 3.63) is 47.9 Å². The summed E-state index contributed by atoms with van der Waals surface area (Å²) in [5.41, 5.74) is 3.75. The van der Waals surface area contributed by atoms with E-state index in [9.17, 15) is 4.79 Å². The zero-order valence-electron chi connectivity index (χ0n) is 14.5. The van der Waals surface area contributed by atoms with Crippen LogP contribution in [-0.2, 0) is 24.2 Å². The fourth-order valence-corrected chi connectivity index (χ4v) is 2.69. The maximum Gasteiger partial charge on any atom is 0.319 e. The highest BCUT2D eigenvalue weighted by atomic mass is 16.5. The number of aromatic nitrogens is 3. The van der Waals surface area contributed by atoms with Crippen LogP contribution in [0.2, 0.25) is 0 Å². The summed E-state index contributed by atoms with van der Waals surface area (Å²) >= 11 is 0. The summed E-state index contributed by atoms with van der Waals surface area (Å²) in [7, 11) is 1.69. The van der Waals surface area contributed by atoms with E-state index < -0.39 is 0 Å². The van der Waals surface area contributed by atoms with Gasteiger partial charge in [-0.1, -0.05) is 6.92 Å². The van der Waals surface area contributed by atoms with Crippen LogP contribution in [-0.4, -0.2) is 34.5 Å². The molecule has 0 atom stereocenters. The Bertz CT molecular complexity index is 852. The van der Waals surface area contributed by atoms with Crippen LogP contribution in [0, 0.1) is 0 Å². The Morgan fingerprint density at radius 1 is 1.32 bits per heavy atom. The SMILES string of the molecule is CCc1cc(CNC(=O)Nc2ccc3c(ccn3CCOC)c2)[nH]n1. The van der Waals surface area contributed by atoms with E-state index in [1.807, 2.05) is 43.5 Å². The van der Waals surface area contributed by atoms with Gasteiger partial charge in [0.1, 0.15) is 0 Å². The highest BCUT2D eigenvalue weighted by molar-refractivity contribution is 5.92. The smallest absolute Gasteiger partial charge is 0.319 e. The summed E-state index contributed by atoms with van der Waals surface area (Å²) in [4.78, 5) is 12.1. The zero-order chi connectivity index (χ0) is 17.6. The van der Waals surface area contributed by atoms with E-state index in [2.05, 4.69) is 25.4 Å². The lowest BCUT2D eigenvalue weighted by atomic mass is 10.2. The van der Waals surface area contributed by atoms with Crippen LogP contribution in [0.15, 0.2) is 36.5 Å². The summed E-state index contributed by atoms with van der Waals surface area (Å²) in [6.45, 7) is 3.92. The van der Waals surface area contributed by atoms with E-state index in [1.54, 1.807) is 7.11 Å². The number of urea groups is 1. The van der Waals surface area contributed by atoms with Crippen molar-refractivity contribution in [3.63, 3.8) is 0 Å². The topological polar surface area (TPSA) is 84.0 Å². The monoisotopic (exact) mass is 341 g/mol. The molecule has 3 N–H and O–H groups in total. The highest BCUT2D eigenvalue weighted by Gasteiger charge is 2.06. The molecule has 2 amide bonds.